The molecule has 0 spiro atoms. The number of thioether (sulfide) groups is 1. The molecule has 1 saturated heterocycles. The zero-order valence-electron chi connectivity index (χ0n) is 14.3. The Bertz CT molecular complexity index is 742. The van der Waals surface area contributed by atoms with Gasteiger partial charge in [-0.1, -0.05) is 30.3 Å². The van der Waals surface area contributed by atoms with Crippen LogP contribution in [0.1, 0.15) is 30.1 Å². The van der Waals surface area contributed by atoms with Crippen molar-refractivity contribution in [2.45, 2.75) is 29.9 Å². The molecule has 0 radical (unpaired) electrons. The van der Waals surface area contributed by atoms with Crippen molar-refractivity contribution in [1.29, 1.82) is 0 Å². The van der Waals surface area contributed by atoms with Crippen LogP contribution in [0, 0.1) is 0 Å². The average Bonchev–Trinajstić information content (AvgIpc) is 3.17. The largest absolute Gasteiger partial charge is 0.339 e. The standard InChI is InChI=1S/C20H22N2O2S/c1-15(25-16-9-3-2-4-10-16)19(23)21-18-12-6-5-11-17(18)20(24)22-13-7-8-14-22/h2-6,9-12,15H,7-8,13-14H2,1H3,(H,21,23). The molecule has 1 aliphatic rings. The Morgan fingerprint density at radius 1 is 1.00 bits per heavy atom. The molecule has 130 valence electrons. The highest BCUT2D eigenvalue weighted by Crippen LogP contribution is 2.25. The first-order valence-electron chi connectivity index (χ1n) is 8.56. The van der Waals surface area contributed by atoms with Gasteiger partial charge in [-0.2, -0.15) is 0 Å². The molecule has 0 bridgehead atoms. The number of nitrogens with zero attached hydrogens (tertiary/aromatic N) is 1. The first-order valence-corrected chi connectivity index (χ1v) is 9.44. The Hall–Kier alpha value is -2.27. The van der Waals surface area contributed by atoms with Crippen LogP contribution in [0.15, 0.2) is 59.5 Å². The van der Waals surface area contributed by atoms with Crippen LogP contribution < -0.4 is 5.32 Å². The molecule has 4 nitrogen and oxygen atoms in total. The predicted molar refractivity (Wildman–Crippen MR) is 102 cm³/mol. The number of benzene rings is 2. The van der Waals surface area contributed by atoms with E-state index in [0.29, 0.717) is 11.3 Å². The van der Waals surface area contributed by atoms with E-state index in [2.05, 4.69) is 5.32 Å². The van der Waals surface area contributed by atoms with E-state index in [1.807, 2.05) is 54.3 Å². The second kappa shape index (κ2) is 8.21. The van der Waals surface area contributed by atoms with Gasteiger partial charge in [-0.25, -0.2) is 0 Å². The van der Waals surface area contributed by atoms with Gasteiger partial charge in [-0.15, -0.1) is 11.8 Å². The van der Waals surface area contributed by atoms with E-state index in [1.165, 1.54) is 11.8 Å². The third-order valence-corrected chi connectivity index (χ3v) is 5.35. The zero-order valence-corrected chi connectivity index (χ0v) is 15.1. The highest BCUT2D eigenvalue weighted by atomic mass is 32.2. The van der Waals surface area contributed by atoms with Gasteiger partial charge >= 0.3 is 0 Å². The van der Waals surface area contributed by atoms with Crippen LogP contribution in [-0.2, 0) is 4.79 Å². The monoisotopic (exact) mass is 354 g/mol. The highest BCUT2D eigenvalue weighted by Gasteiger charge is 2.23. The number of nitrogens with one attached hydrogen (secondary N) is 1. The van der Waals surface area contributed by atoms with E-state index in [0.717, 1.165) is 30.8 Å². The number of carbonyl (C=O) groups is 2. The van der Waals surface area contributed by atoms with Crippen LogP contribution in [0.25, 0.3) is 0 Å². The molecule has 1 fully saturated rings. The summed E-state index contributed by atoms with van der Waals surface area (Å²) in [6.07, 6.45) is 2.09. The van der Waals surface area contributed by atoms with Crippen LogP contribution in [0.5, 0.6) is 0 Å². The molecule has 1 aliphatic heterocycles. The van der Waals surface area contributed by atoms with Crippen molar-refractivity contribution in [2.24, 2.45) is 0 Å². The summed E-state index contributed by atoms with van der Waals surface area (Å²) in [5.41, 5.74) is 1.15. The van der Waals surface area contributed by atoms with Crippen molar-refractivity contribution >= 4 is 29.3 Å². The number of para-hydroxylation sites is 1. The molecular weight excluding hydrogens is 332 g/mol. The third-order valence-electron chi connectivity index (χ3n) is 4.23. The second-order valence-corrected chi connectivity index (χ2v) is 7.52. The van der Waals surface area contributed by atoms with E-state index in [-0.39, 0.29) is 17.1 Å². The van der Waals surface area contributed by atoms with Crippen LogP contribution in [0.4, 0.5) is 5.69 Å². The predicted octanol–water partition coefficient (Wildman–Crippen LogP) is 4.04. The van der Waals surface area contributed by atoms with E-state index in [4.69, 9.17) is 0 Å². The Balaban J connectivity index is 1.69. The van der Waals surface area contributed by atoms with Crippen molar-refractivity contribution in [2.75, 3.05) is 18.4 Å². The lowest BCUT2D eigenvalue weighted by atomic mass is 10.1. The number of carbonyl (C=O) groups excluding carboxylic acids is 2. The van der Waals surface area contributed by atoms with Gasteiger partial charge in [-0.3, -0.25) is 9.59 Å². The molecule has 1 atom stereocenters. The summed E-state index contributed by atoms with van der Waals surface area (Å²) in [6.45, 7) is 3.46. The fraction of sp³-hybridized carbons (Fsp3) is 0.300. The van der Waals surface area contributed by atoms with Crippen LogP contribution in [-0.4, -0.2) is 35.1 Å². The van der Waals surface area contributed by atoms with E-state index in [9.17, 15) is 9.59 Å². The number of hydrogen-bond donors (Lipinski definition) is 1. The summed E-state index contributed by atoms with van der Waals surface area (Å²) < 4.78 is 0. The number of rotatable bonds is 5. The lowest BCUT2D eigenvalue weighted by Gasteiger charge is -2.19. The maximum atomic E-state index is 12.7. The topological polar surface area (TPSA) is 49.4 Å². The fourth-order valence-electron chi connectivity index (χ4n) is 2.86. The van der Waals surface area contributed by atoms with E-state index in [1.54, 1.807) is 12.1 Å². The number of hydrogen-bond acceptors (Lipinski definition) is 3. The van der Waals surface area contributed by atoms with Gasteiger partial charge in [-0.05, 0) is 44.0 Å². The summed E-state index contributed by atoms with van der Waals surface area (Å²) in [5.74, 6) is -0.104. The maximum Gasteiger partial charge on any atom is 0.255 e. The average molecular weight is 354 g/mol. The van der Waals surface area contributed by atoms with Gasteiger partial charge in [0.05, 0.1) is 16.5 Å². The van der Waals surface area contributed by atoms with Crippen molar-refractivity contribution in [3.63, 3.8) is 0 Å². The Labute approximate surface area is 152 Å². The molecule has 3 rings (SSSR count). The molecule has 1 unspecified atom stereocenters. The number of anilines is 1. The van der Waals surface area contributed by atoms with E-state index < -0.39 is 0 Å². The molecule has 0 saturated carbocycles. The van der Waals surface area contributed by atoms with Crippen LogP contribution in [0.3, 0.4) is 0 Å². The summed E-state index contributed by atoms with van der Waals surface area (Å²) in [6, 6.07) is 17.1. The number of likely N-dealkylation sites (tertiary alicyclic amines) is 1. The first-order chi connectivity index (χ1) is 12.1. The lowest BCUT2D eigenvalue weighted by molar-refractivity contribution is -0.115. The van der Waals surface area contributed by atoms with Gasteiger partial charge in [0.25, 0.3) is 5.91 Å². The van der Waals surface area contributed by atoms with Gasteiger partial charge < -0.3 is 10.2 Å². The molecule has 0 aromatic heterocycles. The minimum atomic E-state index is -0.252. The minimum absolute atomic E-state index is 0.00299. The molecule has 2 aromatic carbocycles. The molecule has 0 aliphatic carbocycles. The van der Waals surface area contributed by atoms with Crippen LogP contribution in [0.2, 0.25) is 0 Å². The zero-order chi connectivity index (χ0) is 17.6. The fourth-order valence-corrected chi connectivity index (χ4v) is 3.75. The smallest absolute Gasteiger partial charge is 0.255 e. The Morgan fingerprint density at radius 3 is 2.36 bits per heavy atom. The maximum absolute atomic E-state index is 12.7. The molecule has 2 amide bonds. The highest BCUT2D eigenvalue weighted by molar-refractivity contribution is 8.00. The van der Waals surface area contributed by atoms with Gasteiger partial charge in [0.15, 0.2) is 0 Å². The quantitative estimate of drug-likeness (QED) is 0.825. The number of amides is 2. The van der Waals surface area contributed by atoms with Crippen molar-refractivity contribution in [3.8, 4) is 0 Å². The van der Waals surface area contributed by atoms with Crippen LogP contribution >= 0.6 is 11.8 Å². The molecule has 25 heavy (non-hydrogen) atoms. The van der Waals surface area contributed by atoms with Crippen molar-refractivity contribution in [3.05, 3.63) is 60.2 Å². The van der Waals surface area contributed by atoms with Crippen molar-refractivity contribution in [1.82, 2.24) is 4.90 Å². The van der Waals surface area contributed by atoms with Crippen molar-refractivity contribution < 1.29 is 9.59 Å². The van der Waals surface area contributed by atoms with Gasteiger partial charge in [0.1, 0.15) is 0 Å². The Kier molecular flexibility index (Phi) is 5.76. The third kappa shape index (κ3) is 4.42. The van der Waals surface area contributed by atoms with Gasteiger partial charge in [0.2, 0.25) is 5.91 Å². The summed E-state index contributed by atoms with van der Waals surface area (Å²) >= 11 is 1.50. The second-order valence-electron chi connectivity index (χ2n) is 6.11. The first kappa shape index (κ1) is 17.5. The molecule has 2 aromatic rings. The summed E-state index contributed by atoms with van der Waals surface area (Å²) in [5, 5.41) is 2.68. The normalized spacial score (nSPS) is 15.0. The van der Waals surface area contributed by atoms with Gasteiger partial charge in [0, 0.05) is 18.0 Å². The SMILES string of the molecule is CC(Sc1ccccc1)C(=O)Nc1ccccc1C(=O)N1CCCC1. The molecular formula is C20H22N2O2S. The molecule has 1 heterocycles. The summed E-state index contributed by atoms with van der Waals surface area (Å²) in [7, 11) is 0. The Morgan fingerprint density at radius 2 is 1.64 bits per heavy atom. The summed E-state index contributed by atoms with van der Waals surface area (Å²) in [4.78, 5) is 28.1. The molecule has 5 heteroatoms. The molecule has 1 N–H and O–H groups in total. The van der Waals surface area contributed by atoms with E-state index >= 15 is 0 Å². The minimum Gasteiger partial charge on any atom is -0.339 e. The lowest BCUT2D eigenvalue weighted by Crippen LogP contribution is -2.29.